The van der Waals surface area contributed by atoms with Gasteiger partial charge in [-0.1, -0.05) is 23.7 Å². The maximum Gasteiger partial charge on any atom is 0.253 e. The first-order chi connectivity index (χ1) is 12.9. The van der Waals surface area contributed by atoms with Crippen molar-refractivity contribution in [2.45, 2.75) is 29.6 Å². The summed E-state index contributed by atoms with van der Waals surface area (Å²) in [5.41, 5.74) is 0.895. The van der Waals surface area contributed by atoms with Crippen molar-refractivity contribution < 1.29 is 13.2 Å². The van der Waals surface area contributed by atoms with Gasteiger partial charge in [0.2, 0.25) is 5.91 Å². The van der Waals surface area contributed by atoms with Gasteiger partial charge in [0.15, 0.2) is 0 Å². The van der Waals surface area contributed by atoms with Crippen LogP contribution >= 0.6 is 34.3 Å². The number of carbonyl (C=O) groups excluding carboxylic acids is 1. The molecule has 1 fully saturated rings. The van der Waals surface area contributed by atoms with E-state index in [0.29, 0.717) is 23.7 Å². The van der Waals surface area contributed by atoms with E-state index in [9.17, 15) is 13.2 Å². The number of halogens is 1. The number of para-hydroxylation sites is 1. The van der Waals surface area contributed by atoms with Crippen LogP contribution in [0.3, 0.4) is 0 Å². The Kier molecular flexibility index (Phi) is 5.21. The molecule has 1 atom stereocenters. The Morgan fingerprint density at radius 2 is 2.07 bits per heavy atom. The molecule has 0 unspecified atom stereocenters. The number of benzene rings is 1. The molecule has 0 aliphatic carbocycles. The van der Waals surface area contributed by atoms with Crippen LogP contribution in [-0.4, -0.2) is 36.2 Å². The Balaban J connectivity index is 1.47. The van der Waals surface area contributed by atoms with E-state index in [1.54, 1.807) is 6.07 Å². The molecular weight excluding hydrogens is 426 g/mol. The number of rotatable bonds is 5. The highest BCUT2D eigenvalue weighted by molar-refractivity contribution is 7.91. The number of aromatic nitrogens is 1. The van der Waals surface area contributed by atoms with Crippen LogP contribution in [0.1, 0.15) is 17.8 Å². The van der Waals surface area contributed by atoms with Gasteiger partial charge in [0.25, 0.3) is 10.0 Å². The molecule has 1 saturated heterocycles. The maximum absolute atomic E-state index is 12.8. The molecule has 27 heavy (non-hydrogen) atoms. The van der Waals surface area contributed by atoms with Crippen molar-refractivity contribution in [2.75, 3.05) is 6.54 Å². The fourth-order valence-corrected chi connectivity index (χ4v) is 7.29. The Morgan fingerprint density at radius 1 is 1.26 bits per heavy atom. The SMILES string of the molecule is O=C(NCc1nc2ccccc2s1)[C@H]1CCCN1S(=O)(=O)c1ccc(Cl)s1. The van der Waals surface area contributed by atoms with Gasteiger partial charge in [-0.05, 0) is 37.1 Å². The number of hydrogen-bond acceptors (Lipinski definition) is 6. The number of thiazole rings is 1. The lowest BCUT2D eigenvalue weighted by Gasteiger charge is -2.22. The zero-order chi connectivity index (χ0) is 19.0. The van der Waals surface area contributed by atoms with Gasteiger partial charge in [-0.15, -0.1) is 22.7 Å². The molecule has 1 aliphatic heterocycles. The molecule has 10 heteroatoms. The molecule has 0 radical (unpaired) electrons. The molecule has 1 N–H and O–H groups in total. The minimum Gasteiger partial charge on any atom is -0.348 e. The van der Waals surface area contributed by atoms with Crippen LogP contribution in [0.15, 0.2) is 40.6 Å². The lowest BCUT2D eigenvalue weighted by Crippen LogP contribution is -2.45. The molecule has 1 aliphatic rings. The lowest BCUT2D eigenvalue weighted by atomic mass is 10.2. The number of hydrogen-bond donors (Lipinski definition) is 1. The molecule has 4 rings (SSSR count). The number of amides is 1. The first-order valence-electron chi connectivity index (χ1n) is 8.34. The fourth-order valence-electron chi connectivity index (χ4n) is 3.12. The monoisotopic (exact) mass is 441 g/mol. The molecule has 0 saturated carbocycles. The Bertz CT molecular complexity index is 1060. The Morgan fingerprint density at radius 3 is 2.81 bits per heavy atom. The van der Waals surface area contributed by atoms with Crippen molar-refractivity contribution in [2.24, 2.45) is 0 Å². The number of sulfonamides is 1. The second kappa shape index (κ2) is 7.48. The quantitative estimate of drug-likeness (QED) is 0.657. The second-order valence-electron chi connectivity index (χ2n) is 6.13. The van der Waals surface area contributed by atoms with Gasteiger partial charge in [-0.3, -0.25) is 4.79 Å². The van der Waals surface area contributed by atoms with E-state index in [0.717, 1.165) is 26.6 Å². The summed E-state index contributed by atoms with van der Waals surface area (Å²) in [6.07, 6.45) is 1.15. The predicted octanol–water partition coefficient (Wildman–Crippen LogP) is 3.48. The van der Waals surface area contributed by atoms with Crippen LogP contribution in [-0.2, 0) is 21.4 Å². The smallest absolute Gasteiger partial charge is 0.253 e. The molecule has 1 amide bonds. The van der Waals surface area contributed by atoms with Gasteiger partial charge in [0.05, 0.1) is 21.1 Å². The van der Waals surface area contributed by atoms with Crippen LogP contribution in [0.2, 0.25) is 4.34 Å². The van der Waals surface area contributed by atoms with E-state index in [1.165, 1.54) is 21.7 Å². The summed E-state index contributed by atoms with van der Waals surface area (Å²) in [6, 6.07) is 10.1. The molecule has 0 bridgehead atoms. The average molecular weight is 442 g/mol. The minimum atomic E-state index is -3.72. The third-order valence-corrected chi connectivity index (χ3v) is 9.01. The third-order valence-electron chi connectivity index (χ3n) is 4.37. The van der Waals surface area contributed by atoms with Gasteiger partial charge < -0.3 is 5.32 Å². The van der Waals surface area contributed by atoms with E-state index in [2.05, 4.69) is 10.3 Å². The number of carbonyl (C=O) groups is 1. The van der Waals surface area contributed by atoms with Crippen LogP contribution in [0.25, 0.3) is 10.2 Å². The van der Waals surface area contributed by atoms with Crippen molar-refractivity contribution in [3.8, 4) is 0 Å². The van der Waals surface area contributed by atoms with Gasteiger partial charge >= 0.3 is 0 Å². The first-order valence-corrected chi connectivity index (χ1v) is 11.8. The van der Waals surface area contributed by atoms with Crippen LogP contribution < -0.4 is 5.32 Å². The summed E-state index contributed by atoms with van der Waals surface area (Å²) in [4.78, 5) is 17.2. The van der Waals surface area contributed by atoms with Crippen molar-refractivity contribution in [1.29, 1.82) is 0 Å². The molecule has 6 nitrogen and oxygen atoms in total. The minimum absolute atomic E-state index is 0.165. The molecule has 3 aromatic rings. The topological polar surface area (TPSA) is 79.4 Å². The van der Waals surface area contributed by atoms with Gasteiger partial charge in [0.1, 0.15) is 15.3 Å². The molecule has 0 spiro atoms. The third kappa shape index (κ3) is 3.74. The summed E-state index contributed by atoms with van der Waals surface area (Å²) in [6.45, 7) is 0.616. The number of fused-ring (bicyclic) bond motifs is 1. The van der Waals surface area contributed by atoms with E-state index in [-0.39, 0.29) is 16.7 Å². The molecule has 1 aromatic carbocycles. The normalized spacial score (nSPS) is 18.2. The van der Waals surface area contributed by atoms with Crippen LogP contribution in [0.4, 0.5) is 0 Å². The van der Waals surface area contributed by atoms with E-state index >= 15 is 0 Å². The van der Waals surface area contributed by atoms with E-state index in [1.807, 2.05) is 24.3 Å². The molecule has 142 valence electrons. The van der Waals surface area contributed by atoms with Crippen molar-refractivity contribution in [3.05, 3.63) is 45.7 Å². The standard InChI is InChI=1S/C17H16ClN3O3S3/c18-14-7-8-16(26-14)27(23,24)21-9-3-5-12(21)17(22)19-10-15-20-11-4-1-2-6-13(11)25-15/h1-2,4,6-8,12H,3,5,9-10H2,(H,19,22)/t12-/m1/s1. The first kappa shape index (κ1) is 18.8. The number of nitrogens with zero attached hydrogens (tertiary/aromatic N) is 2. The predicted molar refractivity (Wildman–Crippen MR) is 108 cm³/mol. The van der Waals surface area contributed by atoms with E-state index in [4.69, 9.17) is 11.6 Å². The van der Waals surface area contributed by atoms with Crippen molar-refractivity contribution in [1.82, 2.24) is 14.6 Å². The van der Waals surface area contributed by atoms with Crippen molar-refractivity contribution >= 4 is 60.4 Å². The van der Waals surface area contributed by atoms with Gasteiger partial charge in [0, 0.05) is 6.54 Å². The van der Waals surface area contributed by atoms with E-state index < -0.39 is 16.1 Å². The van der Waals surface area contributed by atoms with Crippen LogP contribution in [0, 0.1) is 0 Å². The van der Waals surface area contributed by atoms with Gasteiger partial charge in [-0.25, -0.2) is 13.4 Å². The van der Waals surface area contributed by atoms with Crippen molar-refractivity contribution in [3.63, 3.8) is 0 Å². The molecule has 3 heterocycles. The summed E-state index contributed by atoms with van der Waals surface area (Å²) in [5.74, 6) is -0.294. The van der Waals surface area contributed by atoms with Gasteiger partial charge in [-0.2, -0.15) is 4.31 Å². The summed E-state index contributed by atoms with van der Waals surface area (Å²) in [7, 11) is -3.72. The number of nitrogens with one attached hydrogen (secondary N) is 1. The summed E-state index contributed by atoms with van der Waals surface area (Å²) < 4.78 is 28.6. The summed E-state index contributed by atoms with van der Waals surface area (Å²) >= 11 is 8.39. The van der Waals surface area contributed by atoms with Crippen LogP contribution in [0.5, 0.6) is 0 Å². The molecular formula is C17H16ClN3O3S3. The lowest BCUT2D eigenvalue weighted by molar-refractivity contribution is -0.124. The number of thiophene rings is 1. The fraction of sp³-hybridized carbons (Fsp3) is 0.294. The zero-order valence-corrected chi connectivity index (χ0v) is 17.3. The zero-order valence-electron chi connectivity index (χ0n) is 14.1. The Hall–Kier alpha value is -1.52. The average Bonchev–Trinajstić information content (AvgIpc) is 3.38. The second-order valence-corrected chi connectivity index (χ2v) is 11.1. The maximum atomic E-state index is 12.8. The largest absolute Gasteiger partial charge is 0.348 e. The molecule has 2 aromatic heterocycles. The highest BCUT2D eigenvalue weighted by atomic mass is 35.5. The highest BCUT2D eigenvalue weighted by Crippen LogP contribution is 2.32. The Labute approximate surface area is 169 Å². The summed E-state index contributed by atoms with van der Waals surface area (Å²) in [5, 5.41) is 3.63. The highest BCUT2D eigenvalue weighted by Gasteiger charge is 2.40.